The molecule has 0 radical (unpaired) electrons. The van der Waals surface area contributed by atoms with Crippen molar-refractivity contribution in [2.75, 3.05) is 31.0 Å². The molecule has 0 aromatic heterocycles. The summed E-state index contributed by atoms with van der Waals surface area (Å²) >= 11 is 5.68. The van der Waals surface area contributed by atoms with E-state index in [-0.39, 0.29) is 35.7 Å². The molecule has 0 bridgehead atoms. The highest BCUT2D eigenvalue weighted by Crippen LogP contribution is 2.29. The van der Waals surface area contributed by atoms with Crippen LogP contribution in [0.1, 0.15) is 12.0 Å². The first-order valence-corrected chi connectivity index (χ1v) is 11.8. The van der Waals surface area contributed by atoms with E-state index in [4.69, 9.17) is 21.7 Å². The molecule has 4 rings (SSSR count). The first-order chi connectivity index (χ1) is 17.4. The molecule has 3 aromatic carbocycles. The number of thiocarbonyl (C=S) groups is 1. The van der Waals surface area contributed by atoms with Crippen molar-refractivity contribution in [3.8, 4) is 11.5 Å². The number of methoxy groups -OCH3 is 2. The maximum atomic E-state index is 14.2. The molecule has 36 heavy (non-hydrogen) atoms. The maximum absolute atomic E-state index is 14.2. The van der Waals surface area contributed by atoms with Gasteiger partial charge in [0.2, 0.25) is 5.91 Å². The molecule has 0 spiro atoms. The molecule has 0 aliphatic carbocycles. The summed E-state index contributed by atoms with van der Waals surface area (Å²) < 4.78 is 24.6. The Balaban J connectivity index is 1.55. The number of anilines is 2. The zero-order chi connectivity index (χ0) is 25.7. The second-order valence-electron chi connectivity index (χ2n) is 8.19. The lowest BCUT2D eigenvalue weighted by Crippen LogP contribution is -2.39. The van der Waals surface area contributed by atoms with Gasteiger partial charge in [0, 0.05) is 12.2 Å². The molecule has 9 heteroatoms. The summed E-state index contributed by atoms with van der Waals surface area (Å²) in [5.74, 6) is 0.328. The highest BCUT2D eigenvalue weighted by Gasteiger charge is 2.44. The number of rotatable bonds is 9. The van der Waals surface area contributed by atoms with E-state index in [1.807, 2.05) is 0 Å². The predicted molar refractivity (Wildman–Crippen MR) is 140 cm³/mol. The van der Waals surface area contributed by atoms with Crippen LogP contribution in [0, 0.1) is 5.82 Å². The molecular formula is C27H26FN3O4S. The van der Waals surface area contributed by atoms with Crippen LogP contribution < -0.4 is 19.7 Å². The largest absolute Gasteiger partial charge is 0.497 e. The lowest BCUT2D eigenvalue weighted by atomic mass is 10.1. The minimum Gasteiger partial charge on any atom is -0.497 e. The van der Waals surface area contributed by atoms with E-state index < -0.39 is 6.04 Å². The minimum atomic E-state index is -0.829. The van der Waals surface area contributed by atoms with Gasteiger partial charge in [0.25, 0.3) is 5.91 Å². The van der Waals surface area contributed by atoms with Gasteiger partial charge in [0.15, 0.2) is 5.11 Å². The zero-order valence-electron chi connectivity index (χ0n) is 19.9. The maximum Gasteiger partial charge on any atom is 0.256 e. The van der Waals surface area contributed by atoms with Crippen molar-refractivity contribution >= 4 is 40.5 Å². The molecule has 1 atom stereocenters. The third-order valence-electron chi connectivity index (χ3n) is 5.98. The molecule has 186 valence electrons. The summed E-state index contributed by atoms with van der Waals surface area (Å²) in [5, 5.41) is 3.08. The number of carbonyl (C=O) groups is 2. The predicted octanol–water partition coefficient (Wildman–Crippen LogP) is 4.42. The van der Waals surface area contributed by atoms with Gasteiger partial charge in [-0.15, -0.1) is 0 Å². The number of amides is 2. The smallest absolute Gasteiger partial charge is 0.256 e. The molecule has 2 amide bonds. The summed E-state index contributed by atoms with van der Waals surface area (Å²) in [6.45, 7) is 0.276. The van der Waals surface area contributed by atoms with Gasteiger partial charge in [-0.25, -0.2) is 4.39 Å². The van der Waals surface area contributed by atoms with Crippen LogP contribution in [-0.2, 0) is 16.0 Å². The summed E-state index contributed by atoms with van der Waals surface area (Å²) in [7, 11) is 3.12. The number of nitrogens with zero attached hydrogens (tertiary/aromatic N) is 2. The second-order valence-corrected chi connectivity index (χ2v) is 8.55. The van der Waals surface area contributed by atoms with Crippen LogP contribution in [0.2, 0.25) is 0 Å². The fourth-order valence-electron chi connectivity index (χ4n) is 4.06. The monoisotopic (exact) mass is 507 g/mol. The van der Waals surface area contributed by atoms with Gasteiger partial charge >= 0.3 is 0 Å². The number of halogens is 1. The molecule has 7 nitrogen and oxygen atoms in total. The third-order valence-corrected chi connectivity index (χ3v) is 6.40. The number of benzene rings is 3. The summed E-state index contributed by atoms with van der Waals surface area (Å²) in [5.41, 5.74) is 1.66. The molecular weight excluding hydrogens is 481 g/mol. The molecule has 1 fully saturated rings. The van der Waals surface area contributed by atoms with E-state index in [2.05, 4.69) is 5.32 Å². The Hall–Kier alpha value is -3.98. The first kappa shape index (κ1) is 25.1. The Morgan fingerprint density at radius 3 is 2.19 bits per heavy atom. The fraction of sp³-hybridized carbons (Fsp3) is 0.222. The second kappa shape index (κ2) is 11.2. The van der Waals surface area contributed by atoms with E-state index in [0.717, 1.165) is 0 Å². The first-order valence-electron chi connectivity index (χ1n) is 11.4. The number of hydrogen-bond donors (Lipinski definition) is 1. The minimum absolute atomic E-state index is 0.116. The highest BCUT2D eigenvalue weighted by atomic mass is 32.1. The average Bonchev–Trinajstić information content (AvgIpc) is 3.12. The summed E-state index contributed by atoms with van der Waals surface area (Å²) in [4.78, 5) is 29.6. The number of carbonyl (C=O) groups excluding carboxylic acids is 2. The van der Waals surface area contributed by atoms with Gasteiger partial charge in [-0.3, -0.25) is 14.5 Å². The zero-order valence-corrected chi connectivity index (χ0v) is 20.8. The van der Waals surface area contributed by atoms with E-state index >= 15 is 0 Å². The lowest BCUT2D eigenvalue weighted by molar-refractivity contribution is -0.124. The molecule has 1 heterocycles. The van der Waals surface area contributed by atoms with Crippen LogP contribution in [0.25, 0.3) is 0 Å². The molecule has 1 N–H and O–H groups in total. The summed E-state index contributed by atoms with van der Waals surface area (Å²) in [6.07, 6.45) is 0.210. The van der Waals surface area contributed by atoms with Crippen molar-refractivity contribution < 1.29 is 23.5 Å². The van der Waals surface area contributed by atoms with Crippen LogP contribution in [0.5, 0.6) is 11.5 Å². The third kappa shape index (κ3) is 5.46. The molecule has 1 saturated heterocycles. The van der Waals surface area contributed by atoms with Gasteiger partial charge in [0.05, 0.1) is 26.3 Å². The van der Waals surface area contributed by atoms with Crippen molar-refractivity contribution in [2.24, 2.45) is 0 Å². The van der Waals surface area contributed by atoms with Crippen molar-refractivity contribution in [2.45, 2.75) is 18.9 Å². The van der Waals surface area contributed by atoms with Crippen molar-refractivity contribution in [1.29, 1.82) is 0 Å². The van der Waals surface area contributed by atoms with E-state index in [1.54, 1.807) is 85.8 Å². The Bertz CT molecular complexity index is 1250. The van der Waals surface area contributed by atoms with Crippen LogP contribution in [0.15, 0.2) is 72.8 Å². The van der Waals surface area contributed by atoms with Gasteiger partial charge in [-0.1, -0.05) is 18.2 Å². The molecule has 0 saturated carbocycles. The normalized spacial score (nSPS) is 15.2. The van der Waals surface area contributed by atoms with Crippen molar-refractivity contribution in [1.82, 2.24) is 4.90 Å². The molecule has 0 unspecified atom stereocenters. The number of hydrogen-bond acceptors (Lipinski definition) is 5. The Morgan fingerprint density at radius 2 is 1.58 bits per heavy atom. The Morgan fingerprint density at radius 1 is 0.972 bits per heavy atom. The molecule has 1 aliphatic heterocycles. The number of ether oxygens (including phenoxy) is 2. The SMILES string of the molecule is COc1ccc(NC(=O)C[C@H]2C(=O)N(c3ccc(OC)cc3)C(=S)N2CCc2ccccc2F)cc1. The van der Waals surface area contributed by atoms with Gasteiger partial charge in [-0.05, 0) is 78.8 Å². The Labute approximate surface area is 214 Å². The lowest BCUT2D eigenvalue weighted by Gasteiger charge is -2.24. The van der Waals surface area contributed by atoms with Crippen LogP contribution in [0.3, 0.4) is 0 Å². The van der Waals surface area contributed by atoms with Gasteiger partial charge in [0.1, 0.15) is 23.4 Å². The van der Waals surface area contributed by atoms with Crippen molar-refractivity contribution in [3.05, 3.63) is 84.2 Å². The van der Waals surface area contributed by atoms with Gasteiger partial charge in [-0.2, -0.15) is 0 Å². The molecule has 1 aliphatic rings. The fourth-order valence-corrected chi connectivity index (χ4v) is 4.47. The van der Waals surface area contributed by atoms with Crippen LogP contribution in [0.4, 0.5) is 15.8 Å². The number of nitrogens with one attached hydrogen (secondary N) is 1. The topological polar surface area (TPSA) is 71.1 Å². The quantitative estimate of drug-likeness (QED) is 0.433. The van der Waals surface area contributed by atoms with Crippen LogP contribution >= 0.6 is 12.2 Å². The van der Waals surface area contributed by atoms with E-state index in [1.165, 1.54) is 11.0 Å². The van der Waals surface area contributed by atoms with Crippen LogP contribution in [-0.4, -0.2) is 48.6 Å². The van der Waals surface area contributed by atoms with E-state index in [0.29, 0.717) is 34.9 Å². The van der Waals surface area contributed by atoms with Gasteiger partial charge < -0.3 is 19.7 Å². The van der Waals surface area contributed by atoms with E-state index in [9.17, 15) is 14.0 Å². The average molecular weight is 508 g/mol. The van der Waals surface area contributed by atoms with Crippen molar-refractivity contribution in [3.63, 3.8) is 0 Å². The Kier molecular flexibility index (Phi) is 7.80. The highest BCUT2D eigenvalue weighted by molar-refractivity contribution is 7.80. The molecule has 3 aromatic rings. The summed E-state index contributed by atoms with van der Waals surface area (Å²) in [6, 6.07) is 19.5. The standard InChI is InChI=1S/C27H26FN3O4S/c1-34-21-11-7-19(8-12-21)29-25(32)17-24-26(33)31(20-9-13-22(35-2)14-10-20)27(36)30(24)16-15-18-5-3-4-6-23(18)28/h3-14,24H,15-17H2,1-2H3,(H,29,32)/t24-/m0/s1.